The van der Waals surface area contributed by atoms with E-state index in [-0.39, 0.29) is 0 Å². The number of halogens is 3. The maximum absolute atomic E-state index is 12.3. The molecule has 0 saturated heterocycles. The van der Waals surface area contributed by atoms with E-state index in [1.807, 2.05) is 0 Å². The molecule has 0 amide bonds. The predicted molar refractivity (Wildman–Crippen MR) is 53.3 cm³/mol. The second-order valence-electron chi connectivity index (χ2n) is 2.65. The van der Waals surface area contributed by atoms with Crippen molar-refractivity contribution in [3.8, 4) is 0 Å². The molecule has 0 spiro atoms. The fraction of sp³-hybridized carbons (Fsp3) is 0.375. The Balaban J connectivity index is 2.50. The molecule has 1 aromatic rings. The van der Waals surface area contributed by atoms with E-state index in [0.717, 1.165) is 9.05 Å². The first-order chi connectivity index (χ1) is 6.61. The van der Waals surface area contributed by atoms with Crippen LogP contribution in [0.15, 0.2) is 23.5 Å². The number of alkyl halides is 2. The third kappa shape index (κ3) is 3.19. The molecule has 0 saturated carbocycles. The van der Waals surface area contributed by atoms with Crippen LogP contribution in [0.2, 0.25) is 0 Å². The van der Waals surface area contributed by atoms with E-state index in [9.17, 15) is 8.78 Å². The summed E-state index contributed by atoms with van der Waals surface area (Å²) >= 11 is 3.15. The van der Waals surface area contributed by atoms with Gasteiger partial charge in [-0.25, -0.2) is 4.98 Å². The summed E-state index contributed by atoms with van der Waals surface area (Å²) in [7, 11) is 0. The number of nitrogens with one attached hydrogen (secondary N) is 1. The van der Waals surface area contributed by atoms with Crippen LogP contribution in [-0.2, 0) is 6.54 Å². The number of nitrogens with zero attached hydrogens (tertiary/aromatic N) is 2. The van der Waals surface area contributed by atoms with Gasteiger partial charge >= 0.3 is 6.55 Å². The molecular weight excluding hydrogens is 256 g/mol. The van der Waals surface area contributed by atoms with Crippen LogP contribution in [0.3, 0.4) is 0 Å². The Morgan fingerprint density at radius 1 is 1.71 bits per heavy atom. The minimum atomic E-state index is -2.54. The van der Waals surface area contributed by atoms with Gasteiger partial charge in [-0.2, -0.15) is 8.78 Å². The van der Waals surface area contributed by atoms with Crippen LogP contribution in [0, 0.1) is 0 Å². The van der Waals surface area contributed by atoms with Crippen LogP contribution in [-0.4, -0.2) is 16.1 Å². The predicted octanol–water partition coefficient (Wildman–Crippen LogP) is 2.28. The third-order valence-corrected chi connectivity index (χ3v) is 1.84. The lowest BCUT2D eigenvalue weighted by atomic mass is 10.5. The molecule has 78 valence electrons. The molecular formula is C8H10BrF2N3. The molecule has 1 N–H and O–H groups in total. The summed E-state index contributed by atoms with van der Waals surface area (Å²) in [6.07, 6.45) is 2.61. The zero-order valence-electron chi connectivity index (χ0n) is 7.38. The smallest absolute Gasteiger partial charge is 0.305 e. The zero-order chi connectivity index (χ0) is 10.6. The molecule has 0 unspecified atom stereocenters. The van der Waals surface area contributed by atoms with Crippen molar-refractivity contribution < 1.29 is 8.78 Å². The Hall–Kier alpha value is -0.750. The van der Waals surface area contributed by atoms with Gasteiger partial charge in [0.2, 0.25) is 0 Å². The molecule has 14 heavy (non-hydrogen) atoms. The lowest BCUT2D eigenvalue weighted by Gasteiger charge is -2.06. The van der Waals surface area contributed by atoms with Gasteiger partial charge in [0.15, 0.2) is 0 Å². The maximum atomic E-state index is 12.3. The Labute approximate surface area is 89.0 Å². The summed E-state index contributed by atoms with van der Waals surface area (Å²) in [6, 6.07) is 0. The Kier molecular flexibility index (Phi) is 4.21. The van der Waals surface area contributed by atoms with Crippen molar-refractivity contribution in [3.63, 3.8) is 0 Å². The monoisotopic (exact) mass is 265 g/mol. The Morgan fingerprint density at radius 3 is 3.00 bits per heavy atom. The average molecular weight is 266 g/mol. The lowest BCUT2D eigenvalue weighted by molar-refractivity contribution is 0.0667. The molecule has 0 bridgehead atoms. The van der Waals surface area contributed by atoms with Crippen LogP contribution in [0.25, 0.3) is 0 Å². The van der Waals surface area contributed by atoms with Crippen LogP contribution >= 0.6 is 15.9 Å². The first kappa shape index (κ1) is 11.3. The number of rotatable bonds is 5. The number of imidazole rings is 1. The van der Waals surface area contributed by atoms with Gasteiger partial charge in [-0.3, -0.25) is 4.57 Å². The molecule has 1 aromatic heterocycles. The molecule has 0 aliphatic rings. The number of hydrogen-bond donors (Lipinski definition) is 1. The van der Waals surface area contributed by atoms with Gasteiger partial charge in [0.1, 0.15) is 5.82 Å². The fourth-order valence-corrected chi connectivity index (χ4v) is 1.17. The highest BCUT2D eigenvalue weighted by Gasteiger charge is 2.10. The van der Waals surface area contributed by atoms with Gasteiger partial charge < -0.3 is 5.32 Å². The number of aromatic nitrogens is 2. The summed E-state index contributed by atoms with van der Waals surface area (Å²) in [6.45, 7) is 1.89. The second kappa shape index (κ2) is 5.21. The standard InChI is InChI=1S/C8H10BrF2N3/c1-6(9)4-12-5-7-13-2-3-14(7)8(10)11/h2-3,8,12H,1,4-5H2. The lowest BCUT2D eigenvalue weighted by Crippen LogP contribution is -2.18. The van der Waals surface area contributed by atoms with Crippen molar-refractivity contribution in [1.82, 2.24) is 14.9 Å². The van der Waals surface area contributed by atoms with Gasteiger partial charge in [0, 0.05) is 23.4 Å². The van der Waals surface area contributed by atoms with Crippen LogP contribution in [0.4, 0.5) is 8.78 Å². The molecule has 0 aliphatic heterocycles. The van der Waals surface area contributed by atoms with Crippen molar-refractivity contribution in [3.05, 3.63) is 29.3 Å². The molecule has 1 heterocycles. The van der Waals surface area contributed by atoms with Crippen LogP contribution in [0.5, 0.6) is 0 Å². The highest BCUT2D eigenvalue weighted by atomic mass is 79.9. The van der Waals surface area contributed by atoms with Crippen molar-refractivity contribution >= 4 is 15.9 Å². The van der Waals surface area contributed by atoms with Gasteiger partial charge in [-0.1, -0.05) is 22.5 Å². The van der Waals surface area contributed by atoms with Crippen LogP contribution < -0.4 is 5.32 Å². The van der Waals surface area contributed by atoms with E-state index in [0.29, 0.717) is 18.9 Å². The van der Waals surface area contributed by atoms with E-state index < -0.39 is 6.55 Å². The summed E-state index contributed by atoms with van der Waals surface area (Å²) < 4.78 is 26.2. The van der Waals surface area contributed by atoms with Crippen molar-refractivity contribution in [1.29, 1.82) is 0 Å². The number of hydrogen-bond acceptors (Lipinski definition) is 2. The van der Waals surface area contributed by atoms with E-state index in [1.165, 1.54) is 12.4 Å². The maximum Gasteiger partial charge on any atom is 0.319 e. The summed E-state index contributed by atoms with van der Waals surface area (Å²) in [5.74, 6) is 0.314. The molecule has 0 atom stereocenters. The molecule has 1 rings (SSSR count). The molecule has 3 nitrogen and oxygen atoms in total. The Morgan fingerprint density at radius 2 is 2.43 bits per heavy atom. The average Bonchev–Trinajstić information content (AvgIpc) is 2.51. The SMILES string of the molecule is C=C(Br)CNCc1nccn1C(F)F. The molecule has 6 heteroatoms. The normalized spacial score (nSPS) is 10.9. The van der Waals surface area contributed by atoms with E-state index >= 15 is 0 Å². The fourth-order valence-electron chi connectivity index (χ4n) is 0.968. The summed E-state index contributed by atoms with van der Waals surface area (Å²) in [5.41, 5.74) is 0. The topological polar surface area (TPSA) is 29.9 Å². The molecule has 0 aliphatic carbocycles. The highest BCUT2D eigenvalue weighted by Crippen LogP contribution is 2.12. The quantitative estimate of drug-likeness (QED) is 0.886. The van der Waals surface area contributed by atoms with Gasteiger partial charge in [0.25, 0.3) is 0 Å². The second-order valence-corrected chi connectivity index (χ2v) is 3.77. The highest BCUT2D eigenvalue weighted by molar-refractivity contribution is 9.11. The minimum Gasteiger partial charge on any atom is -0.305 e. The van der Waals surface area contributed by atoms with Crippen molar-refractivity contribution in [2.75, 3.05) is 6.54 Å². The van der Waals surface area contributed by atoms with Crippen LogP contribution in [0.1, 0.15) is 12.4 Å². The van der Waals surface area contributed by atoms with Gasteiger partial charge in [0.05, 0.1) is 6.54 Å². The zero-order valence-corrected chi connectivity index (χ0v) is 8.97. The van der Waals surface area contributed by atoms with E-state index in [2.05, 4.69) is 32.8 Å². The molecule has 0 aromatic carbocycles. The summed E-state index contributed by atoms with van der Waals surface area (Å²) in [5, 5.41) is 2.92. The van der Waals surface area contributed by atoms with Crippen molar-refractivity contribution in [2.45, 2.75) is 13.1 Å². The summed E-state index contributed by atoms with van der Waals surface area (Å²) in [4.78, 5) is 3.81. The van der Waals surface area contributed by atoms with E-state index in [4.69, 9.17) is 0 Å². The van der Waals surface area contributed by atoms with E-state index in [1.54, 1.807) is 0 Å². The van der Waals surface area contributed by atoms with Gasteiger partial charge in [-0.15, -0.1) is 0 Å². The van der Waals surface area contributed by atoms with Crippen molar-refractivity contribution in [2.24, 2.45) is 0 Å². The Bertz CT molecular complexity index is 311. The first-order valence-electron chi connectivity index (χ1n) is 3.95. The van der Waals surface area contributed by atoms with Gasteiger partial charge in [-0.05, 0) is 0 Å². The molecule has 0 fully saturated rings. The third-order valence-electron chi connectivity index (χ3n) is 1.56. The largest absolute Gasteiger partial charge is 0.319 e. The first-order valence-corrected chi connectivity index (χ1v) is 4.74. The molecule has 0 radical (unpaired) electrons. The minimum absolute atomic E-state index is 0.294.